The number of ether oxygens (including phenoxy) is 1. The Bertz CT molecular complexity index is 860. The number of primary amides is 1. The number of nitrogens with two attached hydrogens (primary N) is 1. The highest BCUT2D eigenvalue weighted by atomic mass is 32.1. The first-order valence-electron chi connectivity index (χ1n) is 8.12. The molecule has 0 saturated heterocycles. The Kier molecular flexibility index (Phi) is 5.52. The highest BCUT2D eigenvalue weighted by Gasteiger charge is 2.26. The van der Waals surface area contributed by atoms with Gasteiger partial charge < -0.3 is 20.6 Å². The van der Waals surface area contributed by atoms with E-state index >= 15 is 0 Å². The van der Waals surface area contributed by atoms with Gasteiger partial charge in [0.2, 0.25) is 0 Å². The molecule has 1 heterocycles. The molecule has 1 aliphatic rings. The first-order chi connectivity index (χ1) is 12.6. The number of anilines is 1. The number of benzene rings is 1. The van der Waals surface area contributed by atoms with Gasteiger partial charge >= 0.3 is 0 Å². The molecule has 1 aliphatic carbocycles. The van der Waals surface area contributed by atoms with Crippen molar-refractivity contribution in [2.75, 3.05) is 19.0 Å². The van der Waals surface area contributed by atoms with Crippen molar-refractivity contribution in [1.29, 1.82) is 0 Å². The number of aryl methyl sites for hydroxylation is 1. The van der Waals surface area contributed by atoms with E-state index in [2.05, 4.69) is 10.5 Å². The lowest BCUT2D eigenvalue weighted by Crippen LogP contribution is -2.20. The Morgan fingerprint density at radius 2 is 2.15 bits per heavy atom. The van der Waals surface area contributed by atoms with Crippen LogP contribution < -0.4 is 15.8 Å². The van der Waals surface area contributed by atoms with Crippen LogP contribution in [0.4, 0.5) is 5.00 Å². The third-order valence-corrected chi connectivity index (χ3v) is 5.23. The average molecular weight is 373 g/mol. The largest absolute Gasteiger partial charge is 0.496 e. The van der Waals surface area contributed by atoms with Gasteiger partial charge in [-0.1, -0.05) is 17.3 Å². The van der Waals surface area contributed by atoms with E-state index in [1.165, 1.54) is 17.6 Å². The van der Waals surface area contributed by atoms with E-state index in [9.17, 15) is 9.59 Å². The molecular weight excluding hydrogens is 354 g/mol. The van der Waals surface area contributed by atoms with Crippen LogP contribution in [0.2, 0.25) is 0 Å². The van der Waals surface area contributed by atoms with E-state index in [-0.39, 0.29) is 6.61 Å². The predicted molar refractivity (Wildman–Crippen MR) is 100 cm³/mol. The molecule has 0 saturated carbocycles. The maximum atomic E-state index is 12.1. The number of hydrogen-bond acceptors (Lipinski definition) is 6. The van der Waals surface area contributed by atoms with E-state index < -0.39 is 11.8 Å². The summed E-state index contributed by atoms with van der Waals surface area (Å²) in [7, 11) is 1.57. The Hall–Kier alpha value is -2.87. The van der Waals surface area contributed by atoms with Crippen molar-refractivity contribution in [3.63, 3.8) is 0 Å². The average Bonchev–Trinajstić information content (AvgIpc) is 3.19. The summed E-state index contributed by atoms with van der Waals surface area (Å²) in [4.78, 5) is 29.9. The summed E-state index contributed by atoms with van der Waals surface area (Å²) in [5.74, 6) is -0.261. The molecule has 2 amide bonds. The SMILES string of the molecule is COc1ccccc1C=NOCC(=O)Nc1sc2c(c1C(N)=O)CCC2. The topological polar surface area (TPSA) is 103 Å². The Labute approximate surface area is 154 Å². The molecule has 7 nitrogen and oxygen atoms in total. The van der Waals surface area contributed by atoms with Crippen molar-refractivity contribution in [3.05, 3.63) is 45.8 Å². The fourth-order valence-electron chi connectivity index (χ4n) is 2.88. The van der Waals surface area contributed by atoms with Crippen LogP contribution >= 0.6 is 11.3 Å². The molecule has 1 aromatic carbocycles. The van der Waals surface area contributed by atoms with Crippen molar-refractivity contribution >= 4 is 34.4 Å². The molecular formula is C18H19N3O4S. The van der Waals surface area contributed by atoms with E-state index in [1.807, 2.05) is 18.2 Å². The number of thiophene rings is 1. The van der Waals surface area contributed by atoms with Gasteiger partial charge in [0.15, 0.2) is 6.61 Å². The second-order valence-corrected chi connectivity index (χ2v) is 6.83. The number of carbonyl (C=O) groups excluding carboxylic acids is 2. The fourth-order valence-corrected chi connectivity index (χ4v) is 4.19. The van der Waals surface area contributed by atoms with E-state index in [4.69, 9.17) is 15.3 Å². The second kappa shape index (κ2) is 8.01. The van der Waals surface area contributed by atoms with Crippen LogP contribution in [-0.2, 0) is 22.5 Å². The predicted octanol–water partition coefficient (Wildman–Crippen LogP) is 2.33. The van der Waals surface area contributed by atoms with Crippen molar-refractivity contribution in [2.24, 2.45) is 10.9 Å². The Morgan fingerprint density at radius 3 is 2.92 bits per heavy atom. The molecule has 26 heavy (non-hydrogen) atoms. The molecule has 0 spiro atoms. The summed E-state index contributed by atoms with van der Waals surface area (Å²) in [5, 5.41) is 6.97. The number of nitrogens with one attached hydrogen (secondary N) is 1. The van der Waals surface area contributed by atoms with Gasteiger partial charge in [0.25, 0.3) is 11.8 Å². The van der Waals surface area contributed by atoms with Crippen molar-refractivity contribution in [1.82, 2.24) is 0 Å². The number of oxime groups is 1. The first kappa shape index (κ1) is 17.9. The van der Waals surface area contributed by atoms with Gasteiger partial charge in [0.1, 0.15) is 10.8 Å². The third kappa shape index (κ3) is 3.85. The van der Waals surface area contributed by atoms with E-state index in [1.54, 1.807) is 13.2 Å². The molecule has 0 unspecified atom stereocenters. The van der Waals surface area contributed by atoms with Crippen molar-refractivity contribution in [2.45, 2.75) is 19.3 Å². The quantitative estimate of drug-likeness (QED) is 0.574. The lowest BCUT2D eigenvalue weighted by molar-refractivity contribution is -0.120. The van der Waals surface area contributed by atoms with Gasteiger partial charge in [0.05, 0.1) is 18.9 Å². The number of fused-ring (bicyclic) bond motifs is 1. The standard InChI is InChI=1S/C18H19N3O4S/c1-24-13-7-3-2-5-11(13)9-20-25-10-15(22)21-18-16(17(19)23)12-6-4-8-14(12)26-18/h2-3,5,7,9H,4,6,8,10H2,1H3,(H2,19,23)(H,21,22). The molecule has 0 radical (unpaired) electrons. The minimum atomic E-state index is -0.519. The maximum absolute atomic E-state index is 12.1. The smallest absolute Gasteiger partial charge is 0.265 e. The summed E-state index contributed by atoms with van der Waals surface area (Å²) in [6, 6.07) is 7.31. The minimum absolute atomic E-state index is 0.271. The first-order valence-corrected chi connectivity index (χ1v) is 8.94. The molecule has 0 fully saturated rings. The molecule has 3 N–H and O–H groups in total. The van der Waals surface area contributed by atoms with Crippen LogP contribution in [0, 0.1) is 0 Å². The molecule has 0 bridgehead atoms. The molecule has 8 heteroatoms. The van der Waals surface area contributed by atoms with E-state index in [0.29, 0.717) is 16.3 Å². The van der Waals surface area contributed by atoms with Crippen LogP contribution in [0.1, 0.15) is 32.8 Å². The van der Waals surface area contributed by atoms with Crippen LogP contribution in [0.5, 0.6) is 5.75 Å². The van der Waals surface area contributed by atoms with Gasteiger partial charge in [0, 0.05) is 10.4 Å². The van der Waals surface area contributed by atoms with Crippen molar-refractivity contribution < 1.29 is 19.2 Å². The van der Waals surface area contributed by atoms with Gasteiger partial charge in [-0.25, -0.2) is 0 Å². The number of carbonyl (C=O) groups is 2. The number of methoxy groups -OCH3 is 1. The summed E-state index contributed by atoms with van der Waals surface area (Å²) < 4.78 is 5.20. The van der Waals surface area contributed by atoms with Crippen LogP contribution in [0.15, 0.2) is 29.4 Å². The van der Waals surface area contributed by atoms with Gasteiger partial charge in [-0.2, -0.15) is 0 Å². The molecule has 3 rings (SSSR count). The highest BCUT2D eigenvalue weighted by molar-refractivity contribution is 7.17. The Morgan fingerprint density at radius 1 is 1.35 bits per heavy atom. The van der Waals surface area contributed by atoms with Crippen molar-refractivity contribution in [3.8, 4) is 5.75 Å². The number of rotatable bonds is 7. The molecule has 0 aliphatic heterocycles. The number of hydrogen-bond donors (Lipinski definition) is 2. The Balaban J connectivity index is 1.58. The molecule has 1 aromatic heterocycles. The molecule has 0 atom stereocenters. The van der Waals surface area contributed by atoms with Gasteiger partial charge in [-0.15, -0.1) is 11.3 Å². The summed E-state index contributed by atoms with van der Waals surface area (Å²) in [6.45, 7) is -0.271. The van der Waals surface area contributed by atoms with E-state index in [0.717, 1.165) is 35.3 Å². The van der Waals surface area contributed by atoms with Crippen LogP contribution in [0.3, 0.4) is 0 Å². The number of nitrogens with zero attached hydrogens (tertiary/aromatic N) is 1. The third-order valence-electron chi connectivity index (χ3n) is 4.02. The molecule has 2 aromatic rings. The second-order valence-electron chi connectivity index (χ2n) is 5.72. The van der Waals surface area contributed by atoms with Crippen LogP contribution in [0.25, 0.3) is 0 Å². The van der Waals surface area contributed by atoms with Gasteiger partial charge in [-0.3, -0.25) is 9.59 Å². The number of para-hydroxylation sites is 1. The summed E-state index contributed by atoms with van der Waals surface area (Å²) >= 11 is 1.40. The summed E-state index contributed by atoms with van der Waals surface area (Å²) in [6.07, 6.45) is 4.21. The zero-order valence-corrected chi connectivity index (χ0v) is 15.1. The van der Waals surface area contributed by atoms with Crippen LogP contribution in [-0.4, -0.2) is 31.7 Å². The van der Waals surface area contributed by atoms with Gasteiger partial charge in [-0.05, 0) is 37.0 Å². The zero-order valence-electron chi connectivity index (χ0n) is 14.3. The molecule has 136 valence electrons. The maximum Gasteiger partial charge on any atom is 0.265 e. The minimum Gasteiger partial charge on any atom is -0.496 e. The summed E-state index contributed by atoms with van der Waals surface area (Å²) in [5.41, 5.74) is 7.60. The zero-order chi connectivity index (χ0) is 18.5. The fraction of sp³-hybridized carbons (Fsp3) is 0.278. The highest BCUT2D eigenvalue weighted by Crippen LogP contribution is 2.38. The monoisotopic (exact) mass is 373 g/mol. The lowest BCUT2D eigenvalue weighted by Gasteiger charge is -2.05. The normalized spacial score (nSPS) is 12.8. The number of amides is 2. The lowest BCUT2D eigenvalue weighted by atomic mass is 10.1.